The van der Waals surface area contributed by atoms with E-state index < -0.39 is 6.04 Å². The lowest BCUT2D eigenvalue weighted by Gasteiger charge is -2.28. The zero-order valence-electron chi connectivity index (χ0n) is 16.3. The number of hydrogen-bond donors (Lipinski definition) is 1. The number of halogens is 1. The van der Waals surface area contributed by atoms with Crippen LogP contribution in [0.4, 0.5) is 0 Å². The van der Waals surface area contributed by atoms with Crippen LogP contribution in [0.2, 0.25) is 5.02 Å². The molecule has 2 aromatic carbocycles. The van der Waals surface area contributed by atoms with Gasteiger partial charge in [0.1, 0.15) is 11.8 Å². The topological polar surface area (TPSA) is 58.6 Å². The normalized spacial score (nSPS) is 11.6. The molecular formula is C21H25ClN2O3S. The van der Waals surface area contributed by atoms with Crippen LogP contribution < -0.4 is 10.1 Å². The van der Waals surface area contributed by atoms with Gasteiger partial charge in [0.25, 0.3) is 0 Å². The summed E-state index contributed by atoms with van der Waals surface area (Å²) in [5, 5.41) is 3.19. The summed E-state index contributed by atoms with van der Waals surface area (Å²) in [5.74, 6) is 1.47. The molecular weight excluding hydrogens is 396 g/mol. The number of likely N-dealkylation sites (N-methyl/N-ethyl adjacent to an activating group) is 1. The fraction of sp³-hybridized carbons (Fsp3) is 0.333. The summed E-state index contributed by atoms with van der Waals surface area (Å²) in [4.78, 5) is 26.6. The van der Waals surface area contributed by atoms with E-state index in [1.807, 2.05) is 42.5 Å². The molecule has 0 aliphatic carbocycles. The Morgan fingerprint density at radius 2 is 1.86 bits per heavy atom. The maximum absolute atomic E-state index is 12.9. The highest BCUT2D eigenvalue weighted by Crippen LogP contribution is 2.21. The predicted octanol–water partition coefficient (Wildman–Crippen LogP) is 3.75. The Balaban J connectivity index is 2.03. The molecule has 0 bridgehead atoms. The fourth-order valence-corrected chi connectivity index (χ4v) is 3.73. The molecule has 1 N–H and O–H groups in total. The van der Waals surface area contributed by atoms with Crippen molar-refractivity contribution in [3.05, 3.63) is 64.7 Å². The van der Waals surface area contributed by atoms with Crippen molar-refractivity contribution in [1.82, 2.24) is 10.2 Å². The minimum atomic E-state index is -0.588. The van der Waals surface area contributed by atoms with Crippen molar-refractivity contribution < 1.29 is 14.3 Å². The molecule has 0 spiro atoms. The third-order valence-electron chi connectivity index (χ3n) is 4.37. The van der Waals surface area contributed by atoms with E-state index in [0.29, 0.717) is 10.8 Å². The van der Waals surface area contributed by atoms with Crippen molar-refractivity contribution in [2.75, 3.05) is 19.9 Å². The van der Waals surface area contributed by atoms with Crippen LogP contribution in [0.1, 0.15) is 18.1 Å². The second-order valence-corrected chi connectivity index (χ2v) is 7.64. The number of benzene rings is 2. The van der Waals surface area contributed by atoms with Gasteiger partial charge in [0.05, 0.1) is 12.9 Å². The van der Waals surface area contributed by atoms with Crippen molar-refractivity contribution in [1.29, 1.82) is 0 Å². The predicted molar refractivity (Wildman–Crippen MR) is 115 cm³/mol. The summed E-state index contributed by atoms with van der Waals surface area (Å²) in [6, 6.07) is 14.5. The van der Waals surface area contributed by atoms with Crippen LogP contribution in [0.5, 0.6) is 5.75 Å². The molecule has 7 heteroatoms. The van der Waals surface area contributed by atoms with Crippen molar-refractivity contribution >= 4 is 35.2 Å². The highest BCUT2D eigenvalue weighted by Gasteiger charge is 2.25. The smallest absolute Gasteiger partial charge is 0.242 e. The Morgan fingerprint density at radius 1 is 1.18 bits per heavy atom. The fourth-order valence-electron chi connectivity index (χ4n) is 2.66. The van der Waals surface area contributed by atoms with Crippen LogP contribution in [-0.2, 0) is 21.9 Å². The van der Waals surface area contributed by atoms with Gasteiger partial charge in [-0.15, -0.1) is 11.8 Å². The van der Waals surface area contributed by atoms with Gasteiger partial charge in [-0.3, -0.25) is 9.59 Å². The van der Waals surface area contributed by atoms with Gasteiger partial charge in [0, 0.05) is 24.4 Å². The third-order valence-corrected chi connectivity index (χ3v) is 5.72. The van der Waals surface area contributed by atoms with Gasteiger partial charge < -0.3 is 15.0 Å². The van der Waals surface area contributed by atoms with E-state index in [4.69, 9.17) is 16.3 Å². The van der Waals surface area contributed by atoms with Crippen molar-refractivity contribution in [3.8, 4) is 5.75 Å². The van der Waals surface area contributed by atoms with E-state index >= 15 is 0 Å². The minimum Gasteiger partial charge on any atom is -0.497 e. The molecule has 2 amide bonds. The number of carbonyl (C=O) groups excluding carboxylic acids is 2. The first-order valence-electron chi connectivity index (χ1n) is 8.91. The number of thioether (sulfide) groups is 1. The van der Waals surface area contributed by atoms with Crippen LogP contribution >= 0.6 is 23.4 Å². The first-order valence-corrected chi connectivity index (χ1v) is 10.4. The van der Waals surface area contributed by atoms with Gasteiger partial charge in [-0.2, -0.15) is 0 Å². The van der Waals surface area contributed by atoms with E-state index in [9.17, 15) is 9.59 Å². The minimum absolute atomic E-state index is 0.102. The Hall–Kier alpha value is -2.18. The van der Waals surface area contributed by atoms with E-state index in [-0.39, 0.29) is 24.1 Å². The molecule has 0 unspecified atom stereocenters. The zero-order valence-corrected chi connectivity index (χ0v) is 17.8. The molecule has 2 rings (SSSR count). The number of hydrogen-bond acceptors (Lipinski definition) is 4. The Bertz CT molecular complexity index is 798. The standard InChI is InChI=1S/C21H25ClN2O3S/c1-15(21(26)23-2)24(12-17-6-4-5-7-19(17)22)20(25)14-28-13-16-8-10-18(27-3)11-9-16/h4-11,15H,12-14H2,1-3H3,(H,23,26)/t15-/m0/s1. The molecule has 0 aliphatic rings. The van der Waals surface area contributed by atoms with Gasteiger partial charge >= 0.3 is 0 Å². The van der Waals surface area contributed by atoms with E-state index in [0.717, 1.165) is 16.9 Å². The lowest BCUT2D eigenvalue weighted by atomic mass is 10.1. The SMILES string of the molecule is CNC(=O)[C@H](C)N(Cc1ccccc1Cl)C(=O)CSCc1ccc(OC)cc1. The van der Waals surface area contributed by atoms with Gasteiger partial charge in [-0.25, -0.2) is 0 Å². The Labute approximate surface area is 175 Å². The lowest BCUT2D eigenvalue weighted by Crippen LogP contribution is -2.47. The van der Waals surface area contributed by atoms with E-state index in [2.05, 4.69) is 5.32 Å². The largest absolute Gasteiger partial charge is 0.497 e. The molecule has 0 fully saturated rings. The quantitative estimate of drug-likeness (QED) is 0.671. The molecule has 0 saturated carbocycles. The first kappa shape index (κ1) is 22.1. The van der Waals surface area contributed by atoms with Crippen LogP contribution in [0.3, 0.4) is 0 Å². The molecule has 0 heterocycles. The molecule has 0 aromatic heterocycles. The summed E-state index contributed by atoms with van der Waals surface area (Å²) in [6.07, 6.45) is 0. The van der Waals surface area contributed by atoms with Crippen molar-refractivity contribution in [2.45, 2.75) is 25.3 Å². The third kappa shape index (κ3) is 6.17. The summed E-state index contributed by atoms with van der Waals surface area (Å²) in [6.45, 7) is 2.01. The zero-order chi connectivity index (χ0) is 20.5. The number of nitrogens with one attached hydrogen (secondary N) is 1. The van der Waals surface area contributed by atoms with Crippen LogP contribution in [0.15, 0.2) is 48.5 Å². The maximum Gasteiger partial charge on any atom is 0.242 e. The number of ether oxygens (including phenoxy) is 1. The molecule has 1 atom stereocenters. The first-order chi connectivity index (χ1) is 13.5. The second kappa shape index (κ2) is 11.0. The monoisotopic (exact) mass is 420 g/mol. The molecule has 0 radical (unpaired) electrons. The molecule has 150 valence electrons. The average molecular weight is 421 g/mol. The Kier molecular flexibility index (Phi) is 8.67. The second-order valence-electron chi connectivity index (χ2n) is 6.24. The summed E-state index contributed by atoms with van der Waals surface area (Å²) in [5.41, 5.74) is 1.92. The van der Waals surface area contributed by atoms with Crippen molar-refractivity contribution in [3.63, 3.8) is 0 Å². The summed E-state index contributed by atoms with van der Waals surface area (Å²) >= 11 is 7.76. The number of nitrogens with zero attached hydrogens (tertiary/aromatic N) is 1. The summed E-state index contributed by atoms with van der Waals surface area (Å²) < 4.78 is 5.15. The van der Waals surface area contributed by atoms with Crippen LogP contribution in [0.25, 0.3) is 0 Å². The molecule has 0 saturated heterocycles. The number of carbonyl (C=O) groups is 2. The number of amides is 2. The van der Waals surface area contributed by atoms with E-state index in [1.54, 1.807) is 32.0 Å². The molecule has 5 nitrogen and oxygen atoms in total. The highest BCUT2D eigenvalue weighted by molar-refractivity contribution is 7.99. The highest BCUT2D eigenvalue weighted by atomic mass is 35.5. The lowest BCUT2D eigenvalue weighted by molar-refractivity contribution is -0.138. The number of methoxy groups -OCH3 is 1. The number of rotatable bonds is 9. The Morgan fingerprint density at radius 3 is 2.46 bits per heavy atom. The van der Waals surface area contributed by atoms with Gasteiger partial charge in [-0.1, -0.05) is 41.9 Å². The molecule has 28 heavy (non-hydrogen) atoms. The van der Waals surface area contributed by atoms with Gasteiger partial charge in [0.15, 0.2) is 0 Å². The van der Waals surface area contributed by atoms with E-state index in [1.165, 1.54) is 11.8 Å². The van der Waals surface area contributed by atoms with Crippen LogP contribution in [0, 0.1) is 0 Å². The molecule has 0 aliphatic heterocycles. The summed E-state index contributed by atoms with van der Waals surface area (Å²) in [7, 11) is 3.19. The average Bonchev–Trinajstić information content (AvgIpc) is 2.72. The van der Waals surface area contributed by atoms with Crippen molar-refractivity contribution in [2.24, 2.45) is 0 Å². The van der Waals surface area contributed by atoms with Gasteiger partial charge in [-0.05, 0) is 36.2 Å². The van der Waals surface area contributed by atoms with Gasteiger partial charge in [0.2, 0.25) is 11.8 Å². The maximum atomic E-state index is 12.9. The molecule has 2 aromatic rings. The van der Waals surface area contributed by atoms with Crippen LogP contribution in [-0.4, -0.2) is 42.7 Å².